The lowest BCUT2D eigenvalue weighted by Crippen LogP contribution is -2.37. The van der Waals surface area contributed by atoms with Crippen molar-refractivity contribution in [3.8, 4) is 5.82 Å². The number of aryl methyl sites for hydroxylation is 1. The van der Waals surface area contributed by atoms with Crippen LogP contribution in [0.25, 0.3) is 16.9 Å². The summed E-state index contributed by atoms with van der Waals surface area (Å²) in [4.78, 5) is 27.8. The van der Waals surface area contributed by atoms with Crippen LogP contribution in [0.3, 0.4) is 0 Å². The Balaban J connectivity index is 1.69. The Hall–Kier alpha value is -2.47. The first-order chi connectivity index (χ1) is 12.5. The normalized spacial score (nSPS) is 15.6. The van der Waals surface area contributed by atoms with E-state index in [4.69, 9.17) is 11.6 Å². The Morgan fingerprint density at radius 3 is 2.62 bits per heavy atom. The van der Waals surface area contributed by atoms with E-state index in [9.17, 15) is 4.79 Å². The SMILES string of the molecule is Cc1cnc(-n2cc(Cl)c3cc(C(=O)N4CCC(C)CC4)cnc32)cn1. The van der Waals surface area contributed by atoms with Crippen molar-refractivity contribution in [2.24, 2.45) is 5.92 Å². The van der Waals surface area contributed by atoms with Gasteiger partial charge >= 0.3 is 0 Å². The molecule has 6 nitrogen and oxygen atoms in total. The second kappa shape index (κ2) is 6.68. The maximum atomic E-state index is 12.8. The van der Waals surface area contributed by atoms with Crippen molar-refractivity contribution < 1.29 is 4.79 Å². The second-order valence-electron chi connectivity index (χ2n) is 6.93. The molecule has 0 aromatic carbocycles. The molecule has 1 amide bonds. The largest absolute Gasteiger partial charge is 0.339 e. The topological polar surface area (TPSA) is 63.9 Å². The molecular formula is C19H20ClN5O. The number of hydrogen-bond donors (Lipinski definition) is 0. The molecule has 26 heavy (non-hydrogen) atoms. The first-order valence-corrected chi connectivity index (χ1v) is 9.15. The number of aromatic nitrogens is 4. The number of piperidine rings is 1. The lowest BCUT2D eigenvalue weighted by Gasteiger charge is -2.30. The van der Waals surface area contributed by atoms with Gasteiger partial charge < -0.3 is 4.90 Å². The Morgan fingerprint density at radius 2 is 1.92 bits per heavy atom. The molecule has 0 unspecified atom stereocenters. The summed E-state index contributed by atoms with van der Waals surface area (Å²) in [5.74, 6) is 1.34. The maximum absolute atomic E-state index is 12.8. The molecule has 0 aliphatic carbocycles. The molecule has 0 atom stereocenters. The van der Waals surface area contributed by atoms with Gasteiger partial charge in [-0.2, -0.15) is 0 Å². The van der Waals surface area contributed by atoms with E-state index < -0.39 is 0 Å². The number of hydrogen-bond acceptors (Lipinski definition) is 4. The van der Waals surface area contributed by atoms with Gasteiger partial charge in [0, 0.05) is 30.9 Å². The number of likely N-dealkylation sites (tertiary alicyclic amines) is 1. The fraction of sp³-hybridized carbons (Fsp3) is 0.368. The molecule has 0 saturated carbocycles. The van der Waals surface area contributed by atoms with E-state index in [0.717, 1.165) is 37.0 Å². The van der Waals surface area contributed by atoms with E-state index in [-0.39, 0.29) is 5.91 Å². The molecule has 134 valence electrons. The minimum Gasteiger partial charge on any atom is -0.339 e. The molecule has 1 saturated heterocycles. The van der Waals surface area contributed by atoms with Crippen LogP contribution in [-0.4, -0.2) is 43.4 Å². The summed E-state index contributed by atoms with van der Waals surface area (Å²) in [6.07, 6.45) is 8.85. The van der Waals surface area contributed by atoms with Crippen molar-refractivity contribution in [3.63, 3.8) is 0 Å². The van der Waals surface area contributed by atoms with Crippen molar-refractivity contribution >= 4 is 28.5 Å². The molecule has 0 spiro atoms. The van der Waals surface area contributed by atoms with Crippen molar-refractivity contribution in [2.75, 3.05) is 13.1 Å². The number of carbonyl (C=O) groups excluding carboxylic acids is 1. The van der Waals surface area contributed by atoms with Crippen LogP contribution >= 0.6 is 11.6 Å². The van der Waals surface area contributed by atoms with E-state index in [0.29, 0.717) is 28.0 Å². The van der Waals surface area contributed by atoms with Gasteiger partial charge in [-0.1, -0.05) is 18.5 Å². The highest BCUT2D eigenvalue weighted by molar-refractivity contribution is 6.35. The second-order valence-corrected chi connectivity index (χ2v) is 7.34. The third kappa shape index (κ3) is 3.05. The molecule has 1 aliphatic heterocycles. The van der Waals surface area contributed by atoms with Gasteiger partial charge in [-0.25, -0.2) is 9.97 Å². The lowest BCUT2D eigenvalue weighted by molar-refractivity contribution is 0.0697. The molecule has 4 rings (SSSR count). The first kappa shape index (κ1) is 17.0. The molecule has 0 radical (unpaired) electrons. The van der Waals surface area contributed by atoms with Crippen molar-refractivity contribution in [2.45, 2.75) is 26.7 Å². The minimum atomic E-state index is 0.0187. The molecule has 4 heterocycles. The summed E-state index contributed by atoms with van der Waals surface area (Å²) in [7, 11) is 0. The number of halogens is 1. The summed E-state index contributed by atoms with van der Waals surface area (Å²) in [5.41, 5.74) is 2.08. The van der Waals surface area contributed by atoms with Crippen molar-refractivity contribution in [1.29, 1.82) is 0 Å². The third-order valence-electron chi connectivity index (χ3n) is 4.93. The van der Waals surface area contributed by atoms with E-state index in [1.54, 1.807) is 29.4 Å². The van der Waals surface area contributed by atoms with E-state index in [2.05, 4.69) is 21.9 Å². The van der Waals surface area contributed by atoms with Crippen molar-refractivity contribution in [3.05, 3.63) is 47.1 Å². The molecule has 3 aromatic heterocycles. The average molecular weight is 370 g/mol. The summed E-state index contributed by atoms with van der Waals surface area (Å²) in [5, 5.41) is 1.28. The first-order valence-electron chi connectivity index (χ1n) is 8.78. The Labute approximate surface area is 156 Å². The van der Waals surface area contributed by atoms with E-state index >= 15 is 0 Å². The van der Waals surface area contributed by atoms with Gasteiger partial charge in [-0.3, -0.25) is 14.3 Å². The third-order valence-corrected chi connectivity index (χ3v) is 5.23. The maximum Gasteiger partial charge on any atom is 0.255 e. The van der Waals surface area contributed by atoms with Crippen LogP contribution in [0.1, 0.15) is 35.8 Å². The summed E-state index contributed by atoms with van der Waals surface area (Å²) in [6.45, 7) is 5.71. The lowest BCUT2D eigenvalue weighted by atomic mass is 9.99. The zero-order valence-corrected chi connectivity index (χ0v) is 15.6. The summed E-state index contributed by atoms with van der Waals surface area (Å²) < 4.78 is 1.79. The van der Waals surface area contributed by atoms with Crippen LogP contribution in [-0.2, 0) is 0 Å². The molecule has 0 N–H and O–H groups in total. The Bertz CT molecular complexity index is 958. The number of pyridine rings is 1. The van der Waals surface area contributed by atoms with Crippen LogP contribution in [0.4, 0.5) is 0 Å². The van der Waals surface area contributed by atoms with Gasteiger partial charge in [0.05, 0.1) is 28.7 Å². The molecule has 1 fully saturated rings. The summed E-state index contributed by atoms with van der Waals surface area (Å²) in [6, 6.07) is 1.82. The van der Waals surface area contributed by atoms with Crippen LogP contribution in [0.2, 0.25) is 5.02 Å². The fourth-order valence-corrected chi connectivity index (χ4v) is 3.50. The zero-order chi connectivity index (χ0) is 18.3. The Morgan fingerprint density at radius 1 is 1.15 bits per heavy atom. The van der Waals surface area contributed by atoms with Crippen LogP contribution < -0.4 is 0 Å². The number of rotatable bonds is 2. The van der Waals surface area contributed by atoms with Crippen molar-refractivity contribution in [1.82, 2.24) is 24.4 Å². The number of nitrogens with zero attached hydrogens (tertiary/aromatic N) is 5. The monoisotopic (exact) mass is 369 g/mol. The fourth-order valence-electron chi connectivity index (χ4n) is 3.27. The number of carbonyl (C=O) groups is 1. The predicted molar refractivity (Wildman–Crippen MR) is 101 cm³/mol. The highest BCUT2D eigenvalue weighted by Gasteiger charge is 2.22. The molecule has 3 aromatic rings. The highest BCUT2D eigenvalue weighted by Crippen LogP contribution is 2.28. The van der Waals surface area contributed by atoms with Gasteiger partial charge in [0.15, 0.2) is 5.82 Å². The number of amides is 1. The van der Waals surface area contributed by atoms with E-state index in [1.165, 1.54) is 0 Å². The molecule has 1 aliphatic rings. The van der Waals surface area contributed by atoms with Gasteiger partial charge in [-0.05, 0) is 31.7 Å². The van der Waals surface area contributed by atoms with Gasteiger partial charge in [0.1, 0.15) is 5.65 Å². The molecule has 7 heteroatoms. The number of fused-ring (bicyclic) bond motifs is 1. The van der Waals surface area contributed by atoms with Gasteiger partial charge in [0.25, 0.3) is 5.91 Å². The van der Waals surface area contributed by atoms with Gasteiger partial charge in [-0.15, -0.1) is 0 Å². The van der Waals surface area contributed by atoms with E-state index in [1.807, 2.05) is 17.9 Å². The predicted octanol–water partition coefficient (Wildman–Crippen LogP) is 3.65. The summed E-state index contributed by atoms with van der Waals surface area (Å²) >= 11 is 6.41. The Kier molecular flexibility index (Phi) is 4.36. The van der Waals surface area contributed by atoms with Gasteiger partial charge in [0.2, 0.25) is 0 Å². The minimum absolute atomic E-state index is 0.0187. The highest BCUT2D eigenvalue weighted by atomic mass is 35.5. The molecular weight excluding hydrogens is 350 g/mol. The molecule has 0 bridgehead atoms. The van der Waals surface area contributed by atoms with Crippen LogP contribution in [0.15, 0.2) is 30.9 Å². The zero-order valence-electron chi connectivity index (χ0n) is 14.8. The smallest absolute Gasteiger partial charge is 0.255 e. The quantitative estimate of drug-likeness (QED) is 0.691. The average Bonchev–Trinajstić information content (AvgIpc) is 2.99. The van der Waals surface area contributed by atoms with Crippen LogP contribution in [0, 0.1) is 12.8 Å². The van der Waals surface area contributed by atoms with Crippen LogP contribution in [0.5, 0.6) is 0 Å². The standard InChI is InChI=1S/C19H20ClN5O/c1-12-3-5-24(6-4-12)19(26)14-7-15-16(20)11-25(18(15)23-9-14)17-10-21-13(2)8-22-17/h7-12H,3-6H2,1-2H3.